The Balaban J connectivity index is 2.35. The molecular formula is C18H19ClO5. The average molecular weight is 351 g/mol. The van der Waals surface area contributed by atoms with Crippen molar-refractivity contribution in [3.63, 3.8) is 0 Å². The van der Waals surface area contributed by atoms with E-state index in [-0.39, 0.29) is 0 Å². The highest BCUT2D eigenvalue weighted by atomic mass is 35.5. The van der Waals surface area contributed by atoms with Gasteiger partial charge in [-0.25, -0.2) is 4.79 Å². The van der Waals surface area contributed by atoms with E-state index in [2.05, 4.69) is 0 Å². The smallest absolute Gasteiger partial charge is 0.338 e. The normalized spacial score (nSPS) is 13.0. The Bertz CT molecular complexity index is 714. The molecule has 0 saturated carbocycles. The van der Waals surface area contributed by atoms with Gasteiger partial charge < -0.3 is 19.3 Å². The summed E-state index contributed by atoms with van der Waals surface area (Å²) in [6, 6.07) is 11.5. The van der Waals surface area contributed by atoms with Gasteiger partial charge in [0.05, 0.1) is 25.9 Å². The summed E-state index contributed by atoms with van der Waals surface area (Å²) in [5.74, 6) is 0.462. The highest BCUT2D eigenvalue weighted by Gasteiger charge is 2.26. The molecular weight excluding hydrogens is 332 g/mol. The summed E-state index contributed by atoms with van der Waals surface area (Å²) in [7, 11) is 3.03. The first-order chi connectivity index (χ1) is 11.5. The molecule has 24 heavy (non-hydrogen) atoms. The van der Waals surface area contributed by atoms with Gasteiger partial charge in [-0.15, -0.1) is 0 Å². The van der Waals surface area contributed by atoms with Gasteiger partial charge in [0.1, 0.15) is 11.5 Å². The van der Waals surface area contributed by atoms with Crippen LogP contribution in [0.4, 0.5) is 0 Å². The Morgan fingerprint density at radius 1 is 1.12 bits per heavy atom. The van der Waals surface area contributed by atoms with E-state index in [4.69, 9.17) is 25.8 Å². The molecule has 0 heterocycles. The van der Waals surface area contributed by atoms with Crippen LogP contribution >= 0.6 is 11.6 Å². The molecule has 0 aliphatic carbocycles. The van der Waals surface area contributed by atoms with Crippen LogP contribution in [0.15, 0.2) is 42.5 Å². The standard InChI is InChI=1S/C18H19ClO5/c1-11(20)17(15-10-14(22-2)7-8-16(15)23-3)24-18(21)12-5-4-6-13(19)9-12/h4-11,17,20H,1-3H3/t11-,17-/m1/s1. The van der Waals surface area contributed by atoms with Crippen LogP contribution in [0.3, 0.4) is 0 Å². The summed E-state index contributed by atoms with van der Waals surface area (Å²) < 4.78 is 16.0. The van der Waals surface area contributed by atoms with E-state index < -0.39 is 18.2 Å². The Labute approximate surface area is 145 Å². The lowest BCUT2D eigenvalue weighted by atomic mass is 10.0. The summed E-state index contributed by atoms with van der Waals surface area (Å²) in [6.45, 7) is 1.54. The number of ether oxygens (including phenoxy) is 3. The second-order valence-corrected chi connectivity index (χ2v) is 5.62. The lowest BCUT2D eigenvalue weighted by molar-refractivity contribution is -0.0143. The van der Waals surface area contributed by atoms with Crippen molar-refractivity contribution in [2.45, 2.75) is 19.1 Å². The number of aliphatic hydroxyl groups is 1. The van der Waals surface area contributed by atoms with Gasteiger partial charge in [-0.05, 0) is 43.3 Å². The lowest BCUT2D eigenvalue weighted by Crippen LogP contribution is -2.22. The predicted molar refractivity (Wildman–Crippen MR) is 90.8 cm³/mol. The number of rotatable bonds is 6. The second kappa shape index (κ2) is 8.04. The molecule has 0 spiro atoms. The summed E-state index contributed by atoms with van der Waals surface area (Å²) >= 11 is 5.90. The minimum atomic E-state index is -0.950. The molecule has 0 fully saturated rings. The molecule has 0 aliphatic heterocycles. The molecule has 2 aromatic rings. The SMILES string of the molecule is COc1ccc(OC)c([C@H](OC(=O)c2cccc(Cl)c2)[C@@H](C)O)c1. The zero-order valence-electron chi connectivity index (χ0n) is 13.7. The molecule has 1 N–H and O–H groups in total. The first-order valence-electron chi connectivity index (χ1n) is 7.32. The van der Waals surface area contributed by atoms with Crippen molar-refractivity contribution in [3.8, 4) is 11.5 Å². The largest absolute Gasteiger partial charge is 0.497 e. The molecule has 0 radical (unpaired) electrons. The molecule has 2 atom stereocenters. The van der Waals surface area contributed by atoms with Crippen LogP contribution in [0.1, 0.15) is 28.9 Å². The van der Waals surface area contributed by atoms with E-state index in [1.54, 1.807) is 36.4 Å². The molecule has 2 aromatic carbocycles. The number of esters is 1. The maximum atomic E-state index is 12.4. The van der Waals surface area contributed by atoms with Crippen molar-refractivity contribution < 1.29 is 24.1 Å². The van der Waals surface area contributed by atoms with Gasteiger partial charge in [-0.1, -0.05) is 17.7 Å². The summed E-state index contributed by atoms with van der Waals surface area (Å²) in [4.78, 5) is 12.4. The van der Waals surface area contributed by atoms with Gasteiger partial charge in [0, 0.05) is 10.6 Å². The van der Waals surface area contributed by atoms with Gasteiger partial charge in [-0.3, -0.25) is 0 Å². The molecule has 0 unspecified atom stereocenters. The van der Waals surface area contributed by atoms with Crippen LogP contribution in [0, 0.1) is 0 Å². The third-order valence-electron chi connectivity index (χ3n) is 3.48. The molecule has 5 nitrogen and oxygen atoms in total. The summed E-state index contributed by atoms with van der Waals surface area (Å²) in [6.07, 6.45) is -1.87. The summed E-state index contributed by atoms with van der Waals surface area (Å²) in [5.41, 5.74) is 0.817. The van der Waals surface area contributed by atoms with Crippen LogP contribution in [-0.4, -0.2) is 31.4 Å². The quantitative estimate of drug-likeness (QED) is 0.806. The molecule has 0 aromatic heterocycles. The number of carbonyl (C=O) groups is 1. The Kier molecular flexibility index (Phi) is 6.06. The first kappa shape index (κ1) is 18.1. The number of hydrogen-bond acceptors (Lipinski definition) is 5. The lowest BCUT2D eigenvalue weighted by Gasteiger charge is -2.23. The van der Waals surface area contributed by atoms with E-state index in [9.17, 15) is 9.90 Å². The van der Waals surface area contributed by atoms with Crippen molar-refractivity contribution in [2.75, 3.05) is 14.2 Å². The van der Waals surface area contributed by atoms with E-state index in [1.807, 2.05) is 0 Å². The maximum Gasteiger partial charge on any atom is 0.338 e. The Morgan fingerprint density at radius 3 is 2.46 bits per heavy atom. The van der Waals surface area contributed by atoms with Crippen molar-refractivity contribution in [2.24, 2.45) is 0 Å². The highest BCUT2D eigenvalue weighted by Crippen LogP contribution is 2.34. The molecule has 0 saturated heterocycles. The van der Waals surface area contributed by atoms with Gasteiger partial charge in [0.15, 0.2) is 6.10 Å². The highest BCUT2D eigenvalue weighted by molar-refractivity contribution is 6.30. The first-order valence-corrected chi connectivity index (χ1v) is 7.70. The fourth-order valence-electron chi connectivity index (χ4n) is 2.28. The number of halogens is 1. The number of methoxy groups -OCH3 is 2. The number of aliphatic hydroxyl groups excluding tert-OH is 1. The van der Waals surface area contributed by atoms with E-state index in [0.717, 1.165) is 0 Å². The fraction of sp³-hybridized carbons (Fsp3) is 0.278. The van der Waals surface area contributed by atoms with Crippen molar-refractivity contribution in [1.29, 1.82) is 0 Å². The van der Waals surface area contributed by atoms with E-state index >= 15 is 0 Å². The fourth-order valence-corrected chi connectivity index (χ4v) is 2.47. The van der Waals surface area contributed by atoms with Crippen LogP contribution in [0.2, 0.25) is 5.02 Å². The van der Waals surface area contributed by atoms with Gasteiger partial charge >= 0.3 is 5.97 Å². The third-order valence-corrected chi connectivity index (χ3v) is 3.71. The zero-order valence-corrected chi connectivity index (χ0v) is 14.4. The Hall–Kier alpha value is -2.24. The van der Waals surface area contributed by atoms with E-state index in [1.165, 1.54) is 27.2 Å². The monoisotopic (exact) mass is 350 g/mol. The molecule has 2 rings (SSSR count). The van der Waals surface area contributed by atoms with E-state index in [0.29, 0.717) is 27.6 Å². The zero-order chi connectivity index (χ0) is 17.7. The topological polar surface area (TPSA) is 65.0 Å². The molecule has 0 bridgehead atoms. The van der Waals surface area contributed by atoms with Crippen LogP contribution in [-0.2, 0) is 4.74 Å². The van der Waals surface area contributed by atoms with Gasteiger partial charge in [0.25, 0.3) is 0 Å². The van der Waals surface area contributed by atoms with Crippen molar-refractivity contribution in [1.82, 2.24) is 0 Å². The van der Waals surface area contributed by atoms with Crippen LogP contribution in [0.5, 0.6) is 11.5 Å². The maximum absolute atomic E-state index is 12.4. The predicted octanol–water partition coefficient (Wildman–Crippen LogP) is 3.64. The van der Waals surface area contributed by atoms with Crippen LogP contribution in [0.25, 0.3) is 0 Å². The molecule has 128 valence electrons. The number of carbonyl (C=O) groups excluding carboxylic acids is 1. The van der Waals surface area contributed by atoms with Gasteiger partial charge in [0.2, 0.25) is 0 Å². The second-order valence-electron chi connectivity index (χ2n) is 5.18. The molecule has 0 aliphatic rings. The van der Waals surface area contributed by atoms with Gasteiger partial charge in [-0.2, -0.15) is 0 Å². The molecule has 0 amide bonds. The summed E-state index contributed by atoms with van der Waals surface area (Å²) in [5, 5.41) is 10.5. The Morgan fingerprint density at radius 2 is 1.88 bits per heavy atom. The number of benzene rings is 2. The van der Waals surface area contributed by atoms with Crippen LogP contribution < -0.4 is 9.47 Å². The third kappa shape index (κ3) is 4.19. The van der Waals surface area contributed by atoms with Crippen molar-refractivity contribution in [3.05, 3.63) is 58.6 Å². The minimum Gasteiger partial charge on any atom is -0.497 e. The minimum absolute atomic E-state index is 0.301. The van der Waals surface area contributed by atoms with Crippen molar-refractivity contribution >= 4 is 17.6 Å². The average Bonchev–Trinajstić information content (AvgIpc) is 2.58. The number of hydrogen-bond donors (Lipinski definition) is 1. The molecule has 6 heteroatoms.